The van der Waals surface area contributed by atoms with Gasteiger partial charge in [0.1, 0.15) is 0 Å². The molecule has 24 heavy (non-hydrogen) atoms. The molecule has 2 aromatic carbocycles. The Morgan fingerprint density at radius 2 is 1.88 bits per heavy atom. The highest BCUT2D eigenvalue weighted by molar-refractivity contribution is 7.80. The molecule has 0 unspecified atom stereocenters. The summed E-state index contributed by atoms with van der Waals surface area (Å²) in [7, 11) is 0. The monoisotopic (exact) mass is 344 g/mol. The van der Waals surface area contributed by atoms with Crippen LogP contribution in [0, 0.1) is 10.1 Å². The van der Waals surface area contributed by atoms with Gasteiger partial charge in [-0.1, -0.05) is 32.0 Å². The van der Waals surface area contributed by atoms with E-state index in [1.807, 2.05) is 24.3 Å². The van der Waals surface area contributed by atoms with Crippen molar-refractivity contribution in [1.82, 2.24) is 5.32 Å². The fourth-order valence-electron chi connectivity index (χ4n) is 2.12. The summed E-state index contributed by atoms with van der Waals surface area (Å²) in [6.45, 7) is 4.36. The smallest absolute Gasteiger partial charge is 0.269 e. The molecule has 2 aromatic rings. The van der Waals surface area contributed by atoms with Crippen molar-refractivity contribution >= 4 is 28.7 Å². The highest BCUT2D eigenvalue weighted by Crippen LogP contribution is 2.21. The molecule has 2 rings (SSSR count). The Balaban J connectivity index is 1.96. The van der Waals surface area contributed by atoms with E-state index >= 15 is 0 Å². The van der Waals surface area contributed by atoms with Gasteiger partial charge in [0.25, 0.3) is 5.69 Å². The van der Waals surface area contributed by atoms with Crippen molar-refractivity contribution < 1.29 is 10.0 Å². The molecular formula is C17H18N3O3S-. The van der Waals surface area contributed by atoms with Crippen molar-refractivity contribution in [3.63, 3.8) is 0 Å². The van der Waals surface area contributed by atoms with Crippen molar-refractivity contribution in [1.29, 1.82) is 0 Å². The zero-order valence-corrected chi connectivity index (χ0v) is 14.2. The van der Waals surface area contributed by atoms with E-state index in [1.165, 1.54) is 23.8 Å². The Bertz CT molecular complexity index is 745. The summed E-state index contributed by atoms with van der Waals surface area (Å²) in [4.78, 5) is 10.2. The summed E-state index contributed by atoms with van der Waals surface area (Å²) in [5.41, 5.74) is 2.24. The lowest BCUT2D eigenvalue weighted by Gasteiger charge is -2.16. The molecule has 6 nitrogen and oxygen atoms in total. The van der Waals surface area contributed by atoms with Crippen molar-refractivity contribution in [2.24, 2.45) is 0 Å². The predicted molar refractivity (Wildman–Crippen MR) is 96.1 cm³/mol. The van der Waals surface area contributed by atoms with Gasteiger partial charge >= 0.3 is 0 Å². The molecule has 0 saturated carbocycles. The number of anilines is 1. The van der Waals surface area contributed by atoms with Crippen molar-refractivity contribution in [2.45, 2.75) is 26.3 Å². The summed E-state index contributed by atoms with van der Waals surface area (Å²) in [5.74, 6) is 0.186. The maximum Gasteiger partial charge on any atom is 0.269 e. The van der Waals surface area contributed by atoms with E-state index in [-0.39, 0.29) is 18.0 Å². The fraction of sp³-hybridized carbons (Fsp3) is 0.235. The molecule has 0 aliphatic heterocycles. The van der Waals surface area contributed by atoms with Gasteiger partial charge in [-0.2, -0.15) is 0 Å². The molecule has 7 heteroatoms. The normalized spacial score (nSPS) is 10.5. The molecule has 2 N–H and O–H groups in total. The molecule has 0 aromatic heterocycles. The van der Waals surface area contributed by atoms with Crippen LogP contribution in [0.15, 0.2) is 42.5 Å². The quantitative estimate of drug-likeness (QED) is 0.491. The lowest BCUT2D eigenvalue weighted by molar-refractivity contribution is -0.385. The molecule has 0 aliphatic carbocycles. The van der Waals surface area contributed by atoms with Gasteiger partial charge in [-0.3, -0.25) is 10.1 Å². The van der Waals surface area contributed by atoms with Crippen molar-refractivity contribution in [3.05, 3.63) is 63.7 Å². The Hall–Kier alpha value is -2.67. The first-order chi connectivity index (χ1) is 11.4. The van der Waals surface area contributed by atoms with Crippen molar-refractivity contribution in [3.8, 4) is 5.75 Å². The lowest BCUT2D eigenvalue weighted by atomic mass is 10.0. The minimum absolute atomic E-state index is 0.116. The molecule has 0 bridgehead atoms. The van der Waals surface area contributed by atoms with E-state index in [2.05, 4.69) is 24.5 Å². The molecule has 0 radical (unpaired) electrons. The van der Waals surface area contributed by atoms with Gasteiger partial charge in [-0.25, -0.2) is 0 Å². The first-order valence-electron chi connectivity index (χ1n) is 7.46. The largest absolute Gasteiger partial charge is 0.872 e. The van der Waals surface area contributed by atoms with Gasteiger partial charge < -0.3 is 15.7 Å². The van der Waals surface area contributed by atoms with Gasteiger partial charge in [0.15, 0.2) is 5.11 Å². The first-order valence-corrected chi connectivity index (χ1v) is 7.87. The standard InChI is InChI=1S/C17H19N3O3S/c1-11(2)12-3-5-14(6-4-12)19-17(24)18-10-13-9-15(20(22)23)7-8-16(13)21/h3-9,11,21H,10H2,1-2H3,(H2,18,19,24)/p-1. The van der Waals surface area contributed by atoms with Crippen LogP contribution >= 0.6 is 12.2 Å². The molecule has 0 heterocycles. The number of rotatable bonds is 5. The Morgan fingerprint density at radius 1 is 1.21 bits per heavy atom. The van der Waals surface area contributed by atoms with E-state index in [0.29, 0.717) is 16.6 Å². The minimum Gasteiger partial charge on any atom is -0.872 e. The number of benzene rings is 2. The van der Waals surface area contributed by atoms with Gasteiger partial charge in [0.05, 0.1) is 4.92 Å². The molecule has 0 atom stereocenters. The Labute approximate surface area is 145 Å². The Kier molecular flexibility index (Phi) is 5.70. The Morgan fingerprint density at radius 3 is 2.46 bits per heavy atom. The SMILES string of the molecule is CC(C)c1ccc(NC(=S)NCc2cc([N+](=O)[O-])ccc2[O-])cc1. The zero-order valence-electron chi connectivity index (χ0n) is 13.4. The molecule has 0 saturated heterocycles. The second kappa shape index (κ2) is 7.74. The summed E-state index contributed by atoms with van der Waals surface area (Å²) >= 11 is 5.19. The average molecular weight is 344 g/mol. The topological polar surface area (TPSA) is 90.3 Å². The van der Waals surface area contributed by atoms with Crippen LogP contribution in [0.4, 0.5) is 11.4 Å². The van der Waals surface area contributed by atoms with E-state index in [4.69, 9.17) is 12.2 Å². The fourth-order valence-corrected chi connectivity index (χ4v) is 2.31. The number of thiocarbonyl (C=S) groups is 1. The number of nitrogens with zero attached hydrogens (tertiary/aromatic N) is 1. The number of hydrogen-bond donors (Lipinski definition) is 2. The molecular weight excluding hydrogens is 326 g/mol. The van der Waals surface area contributed by atoms with Gasteiger partial charge in [0, 0.05) is 24.4 Å². The number of non-ortho nitro benzene ring substituents is 1. The van der Waals surface area contributed by atoms with Gasteiger partial charge in [-0.15, -0.1) is 5.75 Å². The molecule has 0 spiro atoms. The lowest BCUT2D eigenvalue weighted by Crippen LogP contribution is -2.28. The van der Waals surface area contributed by atoms with Crippen LogP contribution < -0.4 is 15.7 Å². The van der Waals surface area contributed by atoms with Crippen LogP contribution in [0.1, 0.15) is 30.9 Å². The summed E-state index contributed by atoms with van der Waals surface area (Å²) in [6.07, 6.45) is 0. The van der Waals surface area contributed by atoms with Crippen LogP contribution in [-0.4, -0.2) is 10.0 Å². The predicted octanol–water partition coefficient (Wildman–Crippen LogP) is 3.28. The number of nitro groups is 1. The number of nitrogens with one attached hydrogen (secondary N) is 2. The zero-order chi connectivity index (χ0) is 17.7. The van der Waals surface area contributed by atoms with E-state index in [9.17, 15) is 15.2 Å². The molecule has 0 aliphatic rings. The summed E-state index contributed by atoms with van der Waals surface area (Å²) in [5, 5.41) is 28.8. The third-order valence-corrected chi connectivity index (χ3v) is 3.78. The molecule has 0 fully saturated rings. The number of hydrogen-bond acceptors (Lipinski definition) is 4. The summed E-state index contributed by atoms with van der Waals surface area (Å²) in [6, 6.07) is 11.5. The maximum absolute atomic E-state index is 11.7. The number of nitro benzene ring substituents is 1. The maximum atomic E-state index is 11.7. The van der Waals surface area contributed by atoms with Crippen LogP contribution in [0.5, 0.6) is 5.75 Å². The molecule has 126 valence electrons. The first kappa shape index (κ1) is 17.7. The third-order valence-electron chi connectivity index (χ3n) is 3.53. The second-order valence-electron chi connectivity index (χ2n) is 5.63. The summed E-state index contributed by atoms with van der Waals surface area (Å²) < 4.78 is 0. The highest BCUT2D eigenvalue weighted by atomic mass is 32.1. The second-order valence-corrected chi connectivity index (χ2v) is 6.04. The van der Waals surface area contributed by atoms with E-state index < -0.39 is 4.92 Å². The molecule has 0 amide bonds. The van der Waals surface area contributed by atoms with Gasteiger partial charge in [0.2, 0.25) is 0 Å². The van der Waals surface area contributed by atoms with Crippen LogP contribution in [0.3, 0.4) is 0 Å². The highest BCUT2D eigenvalue weighted by Gasteiger charge is 2.07. The van der Waals surface area contributed by atoms with E-state index in [1.54, 1.807) is 0 Å². The van der Waals surface area contributed by atoms with Crippen LogP contribution in [-0.2, 0) is 6.54 Å². The average Bonchev–Trinajstić information content (AvgIpc) is 2.54. The van der Waals surface area contributed by atoms with Crippen LogP contribution in [0.25, 0.3) is 0 Å². The van der Waals surface area contributed by atoms with Crippen molar-refractivity contribution in [2.75, 3.05) is 5.32 Å². The third kappa shape index (κ3) is 4.66. The van der Waals surface area contributed by atoms with E-state index in [0.717, 1.165) is 5.69 Å². The minimum atomic E-state index is -0.532. The van der Waals surface area contributed by atoms with Gasteiger partial charge in [-0.05, 0) is 41.4 Å². The van der Waals surface area contributed by atoms with Crippen LogP contribution in [0.2, 0.25) is 0 Å².